The van der Waals surface area contributed by atoms with E-state index in [0.29, 0.717) is 0 Å². The van der Waals surface area contributed by atoms with Crippen molar-refractivity contribution in [2.75, 3.05) is 0 Å². The lowest BCUT2D eigenvalue weighted by molar-refractivity contribution is 1.33. The van der Waals surface area contributed by atoms with Crippen molar-refractivity contribution in [3.05, 3.63) is 30.6 Å². The van der Waals surface area contributed by atoms with E-state index in [1.807, 2.05) is 18.2 Å². The van der Waals surface area contributed by atoms with Gasteiger partial charge in [0.25, 0.3) is 0 Å². The Morgan fingerprint density at radius 2 is 1.10 bits per heavy atom. The number of hydrogen-bond donors (Lipinski definition) is 0. The largest absolute Gasteiger partial charge is 0.265 e. The first-order valence-corrected chi connectivity index (χ1v) is 2.52. The lowest BCUT2D eigenvalue weighted by atomic mass is 10.5. The molecule has 10 heavy (non-hydrogen) atoms. The molecule has 0 aliphatic heterocycles. The Morgan fingerprint density at radius 3 is 1.20 bits per heavy atom. The number of rotatable bonds is 0. The summed E-state index contributed by atoms with van der Waals surface area (Å²) in [5, 5.41) is 0. The molecule has 0 unspecified atom stereocenters. The molecule has 0 saturated heterocycles. The van der Waals surface area contributed by atoms with E-state index in [9.17, 15) is 0 Å². The molecular weight excluding hydrogens is 122 g/mol. The molecule has 0 N–H and O–H groups in total. The van der Waals surface area contributed by atoms with E-state index in [4.69, 9.17) is 0 Å². The summed E-state index contributed by atoms with van der Waals surface area (Å²) in [6.45, 7) is 0. The number of terminal acetylenes is 2. The molecule has 0 amide bonds. The van der Waals surface area contributed by atoms with Crippen molar-refractivity contribution in [3.8, 4) is 25.7 Å². The zero-order valence-corrected chi connectivity index (χ0v) is 5.64. The van der Waals surface area contributed by atoms with Gasteiger partial charge in [-0.15, -0.1) is 25.7 Å². The van der Waals surface area contributed by atoms with Crippen LogP contribution in [-0.4, -0.2) is 4.98 Å². The van der Waals surface area contributed by atoms with Crippen LogP contribution in [0.1, 0.15) is 0 Å². The second-order valence-corrected chi connectivity index (χ2v) is 1.02. The summed E-state index contributed by atoms with van der Waals surface area (Å²) in [5.41, 5.74) is 0. The number of pyridine rings is 1. The van der Waals surface area contributed by atoms with Gasteiger partial charge >= 0.3 is 0 Å². The highest BCUT2D eigenvalue weighted by atomic mass is 14.6. The predicted molar refractivity (Wildman–Crippen MR) is 44.0 cm³/mol. The van der Waals surface area contributed by atoms with Gasteiger partial charge in [0.1, 0.15) is 0 Å². The molecule has 50 valence electrons. The van der Waals surface area contributed by atoms with Crippen molar-refractivity contribution < 1.29 is 0 Å². The van der Waals surface area contributed by atoms with Crippen LogP contribution in [0.4, 0.5) is 0 Å². The molecule has 0 radical (unpaired) electrons. The first kappa shape index (κ1) is 11.1. The molecule has 1 aromatic rings. The molecule has 0 spiro atoms. The van der Waals surface area contributed by atoms with Crippen LogP contribution >= 0.6 is 0 Å². The van der Waals surface area contributed by atoms with Crippen LogP contribution in [0.3, 0.4) is 0 Å². The SMILES string of the molecule is C#C.C#C.c1ccncc1. The lowest BCUT2D eigenvalue weighted by Gasteiger charge is -1.70. The van der Waals surface area contributed by atoms with E-state index in [1.54, 1.807) is 12.4 Å². The second kappa shape index (κ2) is 15.7. The molecule has 0 aliphatic carbocycles. The maximum Gasteiger partial charge on any atom is 0.0267 e. The monoisotopic (exact) mass is 131 g/mol. The Bertz CT molecular complexity index is 129. The smallest absolute Gasteiger partial charge is 0.0267 e. The number of nitrogens with zero attached hydrogens (tertiary/aromatic N) is 1. The second-order valence-electron chi connectivity index (χ2n) is 1.02. The van der Waals surface area contributed by atoms with Gasteiger partial charge in [-0.1, -0.05) is 6.07 Å². The van der Waals surface area contributed by atoms with E-state index in [2.05, 4.69) is 30.7 Å². The maximum atomic E-state index is 4.00. The summed E-state index contributed by atoms with van der Waals surface area (Å²) < 4.78 is 0. The standard InChI is InChI=1S/C5H5N.2C2H2/c1-2-4-6-5-3-1;2*1-2/h1-5H;2*1-2H. The quantitative estimate of drug-likeness (QED) is 0.487. The highest BCUT2D eigenvalue weighted by Gasteiger charge is 1.58. The Morgan fingerprint density at radius 1 is 0.700 bits per heavy atom. The summed E-state index contributed by atoms with van der Waals surface area (Å²) in [5.74, 6) is 0. The molecule has 1 nitrogen and oxygen atoms in total. The third-order valence-corrected chi connectivity index (χ3v) is 0.566. The van der Waals surface area contributed by atoms with Gasteiger partial charge in [0.2, 0.25) is 0 Å². The predicted octanol–water partition coefficient (Wildman–Crippen LogP) is 1.58. The summed E-state index contributed by atoms with van der Waals surface area (Å²) in [6, 6.07) is 5.72. The molecule has 0 bridgehead atoms. The van der Waals surface area contributed by atoms with Gasteiger partial charge in [-0.3, -0.25) is 4.98 Å². The minimum absolute atomic E-state index is 1.75. The van der Waals surface area contributed by atoms with E-state index < -0.39 is 0 Å². The van der Waals surface area contributed by atoms with Crippen molar-refractivity contribution >= 4 is 0 Å². The van der Waals surface area contributed by atoms with Crippen LogP contribution in [0.5, 0.6) is 0 Å². The molecule has 0 saturated carbocycles. The maximum absolute atomic E-state index is 4.00. The molecule has 1 heterocycles. The van der Waals surface area contributed by atoms with E-state index in [0.717, 1.165) is 0 Å². The molecule has 1 aromatic heterocycles. The molecule has 1 heteroatoms. The topological polar surface area (TPSA) is 12.9 Å². The number of aromatic nitrogens is 1. The van der Waals surface area contributed by atoms with Gasteiger partial charge in [0.05, 0.1) is 0 Å². The van der Waals surface area contributed by atoms with Crippen LogP contribution in [-0.2, 0) is 0 Å². The minimum Gasteiger partial charge on any atom is -0.265 e. The summed E-state index contributed by atoms with van der Waals surface area (Å²) in [4.78, 5) is 3.78. The minimum atomic E-state index is 1.75. The van der Waals surface area contributed by atoms with Gasteiger partial charge in [-0.25, -0.2) is 0 Å². The third kappa shape index (κ3) is 9.55. The Hall–Kier alpha value is -1.73. The number of hydrogen-bond acceptors (Lipinski definition) is 1. The van der Waals surface area contributed by atoms with Crippen molar-refractivity contribution in [3.63, 3.8) is 0 Å². The molecule has 0 aromatic carbocycles. The van der Waals surface area contributed by atoms with Gasteiger partial charge in [-0.2, -0.15) is 0 Å². The zero-order valence-electron chi connectivity index (χ0n) is 5.64. The van der Waals surface area contributed by atoms with Crippen LogP contribution in [0.15, 0.2) is 30.6 Å². The van der Waals surface area contributed by atoms with Crippen LogP contribution in [0.2, 0.25) is 0 Å². The fourth-order valence-electron chi connectivity index (χ4n) is 0.313. The van der Waals surface area contributed by atoms with E-state index in [1.165, 1.54) is 0 Å². The fraction of sp³-hybridized carbons (Fsp3) is 0. The molecular formula is C9H9N. The Kier molecular flexibility index (Phi) is 17.4. The molecule has 0 aliphatic rings. The summed E-state index contributed by atoms with van der Waals surface area (Å²) in [7, 11) is 0. The molecule has 0 atom stereocenters. The highest BCUT2D eigenvalue weighted by molar-refractivity contribution is 4.88. The van der Waals surface area contributed by atoms with Gasteiger partial charge in [0.15, 0.2) is 0 Å². The fourth-order valence-corrected chi connectivity index (χ4v) is 0.313. The molecule has 1 rings (SSSR count). The molecule has 0 fully saturated rings. The van der Waals surface area contributed by atoms with Crippen molar-refractivity contribution in [1.82, 2.24) is 4.98 Å². The zero-order chi connectivity index (χ0) is 8.24. The van der Waals surface area contributed by atoms with Crippen molar-refractivity contribution in [1.29, 1.82) is 0 Å². The van der Waals surface area contributed by atoms with Crippen LogP contribution in [0.25, 0.3) is 0 Å². The summed E-state index contributed by atoms with van der Waals surface area (Å²) in [6.07, 6.45) is 19.5. The first-order valence-electron chi connectivity index (χ1n) is 2.52. The van der Waals surface area contributed by atoms with Crippen LogP contribution < -0.4 is 0 Å². The van der Waals surface area contributed by atoms with Crippen molar-refractivity contribution in [2.45, 2.75) is 0 Å². The van der Waals surface area contributed by atoms with E-state index in [-0.39, 0.29) is 0 Å². The third-order valence-electron chi connectivity index (χ3n) is 0.566. The van der Waals surface area contributed by atoms with Gasteiger partial charge < -0.3 is 0 Å². The normalized spacial score (nSPS) is 5.20. The van der Waals surface area contributed by atoms with Gasteiger partial charge in [-0.05, 0) is 12.1 Å². The Labute approximate surface area is 62.1 Å². The average Bonchev–Trinajstić information content (AvgIpc) is 2.14. The Balaban J connectivity index is 0. The van der Waals surface area contributed by atoms with Crippen LogP contribution in [0, 0.1) is 25.7 Å². The first-order chi connectivity index (χ1) is 5.00. The van der Waals surface area contributed by atoms with Crippen molar-refractivity contribution in [2.24, 2.45) is 0 Å². The lowest BCUT2D eigenvalue weighted by Crippen LogP contribution is -1.58. The van der Waals surface area contributed by atoms with Gasteiger partial charge in [0, 0.05) is 12.4 Å². The highest BCUT2D eigenvalue weighted by Crippen LogP contribution is 1.73. The average molecular weight is 131 g/mol. The summed E-state index contributed by atoms with van der Waals surface area (Å²) >= 11 is 0. The van der Waals surface area contributed by atoms with E-state index >= 15 is 0 Å².